The standard InChI is InChI=1S/C14H22ClN3O/c1-10(5-4-8-16)17-9-14(19)18-13-7-3-6-12(15)11(13)2/h3,6-7,10,17H,4-5,8-9,16H2,1-2H3,(H,18,19). The number of rotatable bonds is 7. The molecule has 19 heavy (non-hydrogen) atoms. The van der Waals surface area contributed by atoms with Gasteiger partial charge in [-0.05, 0) is 50.9 Å². The molecule has 0 aliphatic carbocycles. The largest absolute Gasteiger partial charge is 0.330 e. The fourth-order valence-electron chi connectivity index (χ4n) is 1.73. The van der Waals surface area contributed by atoms with E-state index in [1.54, 1.807) is 6.07 Å². The van der Waals surface area contributed by atoms with Crippen LogP contribution in [0.4, 0.5) is 5.69 Å². The van der Waals surface area contributed by atoms with E-state index in [0.29, 0.717) is 11.6 Å². The molecule has 0 heterocycles. The van der Waals surface area contributed by atoms with E-state index in [-0.39, 0.29) is 18.5 Å². The first-order chi connectivity index (χ1) is 9.04. The van der Waals surface area contributed by atoms with Crippen molar-refractivity contribution >= 4 is 23.2 Å². The second kappa shape index (κ2) is 8.15. The molecule has 0 aliphatic rings. The van der Waals surface area contributed by atoms with Gasteiger partial charge in [0.15, 0.2) is 0 Å². The Balaban J connectivity index is 2.41. The Morgan fingerprint density at radius 3 is 2.89 bits per heavy atom. The van der Waals surface area contributed by atoms with Crippen LogP contribution in [-0.2, 0) is 4.79 Å². The van der Waals surface area contributed by atoms with Gasteiger partial charge in [0.25, 0.3) is 0 Å². The Morgan fingerprint density at radius 1 is 1.47 bits per heavy atom. The van der Waals surface area contributed by atoms with Crippen molar-refractivity contribution < 1.29 is 4.79 Å². The average Bonchev–Trinajstić information content (AvgIpc) is 2.39. The number of nitrogens with one attached hydrogen (secondary N) is 2. The predicted molar refractivity (Wildman–Crippen MR) is 80.6 cm³/mol. The molecule has 0 bridgehead atoms. The second-order valence-corrected chi connectivity index (χ2v) is 5.08. The highest BCUT2D eigenvalue weighted by molar-refractivity contribution is 6.31. The fraction of sp³-hybridized carbons (Fsp3) is 0.500. The van der Waals surface area contributed by atoms with E-state index in [1.165, 1.54) is 0 Å². The van der Waals surface area contributed by atoms with E-state index in [2.05, 4.69) is 10.6 Å². The van der Waals surface area contributed by atoms with Crippen molar-refractivity contribution in [2.24, 2.45) is 5.73 Å². The van der Waals surface area contributed by atoms with Crippen molar-refractivity contribution in [3.63, 3.8) is 0 Å². The van der Waals surface area contributed by atoms with Crippen molar-refractivity contribution in [3.8, 4) is 0 Å². The minimum absolute atomic E-state index is 0.0648. The third-order valence-corrected chi connectivity index (χ3v) is 3.40. The highest BCUT2D eigenvalue weighted by Crippen LogP contribution is 2.22. The van der Waals surface area contributed by atoms with Gasteiger partial charge < -0.3 is 16.4 Å². The van der Waals surface area contributed by atoms with E-state index in [0.717, 1.165) is 24.1 Å². The molecule has 5 heteroatoms. The second-order valence-electron chi connectivity index (χ2n) is 4.67. The molecule has 0 radical (unpaired) electrons. The lowest BCUT2D eigenvalue weighted by Gasteiger charge is -2.14. The third-order valence-electron chi connectivity index (χ3n) is 2.99. The van der Waals surface area contributed by atoms with Crippen LogP contribution >= 0.6 is 11.6 Å². The maximum atomic E-state index is 11.8. The number of nitrogens with two attached hydrogens (primary N) is 1. The predicted octanol–water partition coefficient (Wildman–Crippen LogP) is 2.30. The molecule has 1 aromatic rings. The van der Waals surface area contributed by atoms with E-state index in [4.69, 9.17) is 17.3 Å². The molecular formula is C14H22ClN3O. The minimum Gasteiger partial charge on any atom is -0.330 e. The number of hydrogen-bond acceptors (Lipinski definition) is 3. The smallest absolute Gasteiger partial charge is 0.238 e. The number of hydrogen-bond donors (Lipinski definition) is 3. The molecule has 0 saturated carbocycles. The highest BCUT2D eigenvalue weighted by atomic mass is 35.5. The summed E-state index contributed by atoms with van der Waals surface area (Å²) in [5.74, 6) is -0.0648. The van der Waals surface area contributed by atoms with E-state index in [1.807, 2.05) is 26.0 Å². The van der Waals surface area contributed by atoms with E-state index < -0.39 is 0 Å². The Labute approximate surface area is 119 Å². The van der Waals surface area contributed by atoms with Crippen molar-refractivity contribution in [3.05, 3.63) is 28.8 Å². The lowest BCUT2D eigenvalue weighted by molar-refractivity contribution is -0.115. The summed E-state index contributed by atoms with van der Waals surface area (Å²) in [6.07, 6.45) is 1.93. The number of benzene rings is 1. The average molecular weight is 284 g/mol. The lowest BCUT2D eigenvalue weighted by Crippen LogP contribution is -2.34. The molecule has 1 atom stereocenters. The van der Waals surface area contributed by atoms with E-state index >= 15 is 0 Å². The summed E-state index contributed by atoms with van der Waals surface area (Å²) in [7, 11) is 0. The Bertz CT molecular complexity index is 423. The molecule has 106 valence electrons. The molecule has 0 saturated heterocycles. The van der Waals surface area contributed by atoms with Crippen molar-refractivity contribution in [2.45, 2.75) is 32.7 Å². The fourth-order valence-corrected chi connectivity index (χ4v) is 1.90. The Kier molecular flexibility index (Phi) is 6.84. The number of amides is 1. The minimum atomic E-state index is -0.0648. The SMILES string of the molecule is Cc1c(Cl)cccc1NC(=O)CNC(C)CCCN. The van der Waals surface area contributed by atoms with Gasteiger partial charge >= 0.3 is 0 Å². The van der Waals surface area contributed by atoms with Gasteiger partial charge in [-0.15, -0.1) is 0 Å². The molecule has 1 aromatic carbocycles. The Hall–Kier alpha value is -1.10. The van der Waals surface area contributed by atoms with Crippen LogP contribution in [-0.4, -0.2) is 25.0 Å². The summed E-state index contributed by atoms with van der Waals surface area (Å²) in [6, 6.07) is 5.76. The maximum absolute atomic E-state index is 11.8. The van der Waals surface area contributed by atoms with Gasteiger partial charge in [-0.3, -0.25) is 4.79 Å². The number of carbonyl (C=O) groups excluding carboxylic acids is 1. The maximum Gasteiger partial charge on any atom is 0.238 e. The van der Waals surface area contributed by atoms with Gasteiger partial charge in [-0.1, -0.05) is 17.7 Å². The quantitative estimate of drug-likeness (QED) is 0.719. The van der Waals surface area contributed by atoms with Gasteiger partial charge in [0.05, 0.1) is 6.54 Å². The zero-order valence-corrected chi connectivity index (χ0v) is 12.3. The van der Waals surface area contributed by atoms with Crippen LogP contribution in [0.2, 0.25) is 5.02 Å². The molecular weight excluding hydrogens is 262 g/mol. The monoisotopic (exact) mass is 283 g/mol. The summed E-state index contributed by atoms with van der Waals surface area (Å²) >= 11 is 6.00. The number of anilines is 1. The third kappa shape index (κ3) is 5.59. The van der Waals surface area contributed by atoms with Gasteiger partial charge in [-0.25, -0.2) is 0 Å². The van der Waals surface area contributed by atoms with Crippen LogP contribution in [0.25, 0.3) is 0 Å². The highest BCUT2D eigenvalue weighted by Gasteiger charge is 2.08. The molecule has 4 N–H and O–H groups in total. The molecule has 4 nitrogen and oxygen atoms in total. The van der Waals surface area contributed by atoms with Crippen molar-refractivity contribution in [1.29, 1.82) is 0 Å². The first-order valence-corrected chi connectivity index (χ1v) is 6.90. The Morgan fingerprint density at radius 2 is 2.21 bits per heavy atom. The summed E-state index contributed by atoms with van der Waals surface area (Å²) in [5.41, 5.74) is 7.09. The molecule has 1 rings (SSSR count). The van der Waals surface area contributed by atoms with Crippen molar-refractivity contribution in [1.82, 2.24) is 5.32 Å². The van der Waals surface area contributed by atoms with Crippen LogP contribution in [0.15, 0.2) is 18.2 Å². The molecule has 0 fully saturated rings. The summed E-state index contributed by atoms with van der Waals surface area (Å²) in [5, 5.41) is 6.68. The summed E-state index contributed by atoms with van der Waals surface area (Å²) < 4.78 is 0. The van der Waals surface area contributed by atoms with Gasteiger partial charge in [0, 0.05) is 16.8 Å². The van der Waals surface area contributed by atoms with Gasteiger partial charge in [0.2, 0.25) is 5.91 Å². The van der Waals surface area contributed by atoms with Crippen LogP contribution in [0, 0.1) is 6.92 Å². The van der Waals surface area contributed by atoms with E-state index in [9.17, 15) is 4.79 Å². The topological polar surface area (TPSA) is 67.2 Å². The number of carbonyl (C=O) groups is 1. The van der Waals surface area contributed by atoms with Crippen LogP contribution in [0.3, 0.4) is 0 Å². The first-order valence-electron chi connectivity index (χ1n) is 6.53. The molecule has 1 amide bonds. The van der Waals surface area contributed by atoms with Crippen LogP contribution < -0.4 is 16.4 Å². The lowest BCUT2D eigenvalue weighted by atomic mass is 10.2. The zero-order valence-electron chi connectivity index (χ0n) is 11.5. The normalized spacial score (nSPS) is 12.2. The van der Waals surface area contributed by atoms with Crippen LogP contribution in [0.5, 0.6) is 0 Å². The number of halogens is 1. The molecule has 0 aliphatic heterocycles. The summed E-state index contributed by atoms with van der Waals surface area (Å²) in [4.78, 5) is 11.8. The van der Waals surface area contributed by atoms with Gasteiger partial charge in [0.1, 0.15) is 0 Å². The molecule has 1 unspecified atom stereocenters. The van der Waals surface area contributed by atoms with Crippen molar-refractivity contribution in [2.75, 3.05) is 18.4 Å². The molecule has 0 spiro atoms. The zero-order chi connectivity index (χ0) is 14.3. The van der Waals surface area contributed by atoms with Gasteiger partial charge in [-0.2, -0.15) is 0 Å². The first kappa shape index (κ1) is 16.0. The molecule has 0 aromatic heterocycles. The van der Waals surface area contributed by atoms with Crippen LogP contribution in [0.1, 0.15) is 25.3 Å². The summed E-state index contributed by atoms with van der Waals surface area (Å²) in [6.45, 7) is 4.90.